The van der Waals surface area contributed by atoms with E-state index in [1.165, 1.54) is 0 Å². The largest absolute Gasteiger partial charge is 0.385 e. The van der Waals surface area contributed by atoms with Crippen molar-refractivity contribution in [2.75, 3.05) is 20.3 Å². The van der Waals surface area contributed by atoms with Crippen LogP contribution in [0, 0.1) is 5.92 Å². The van der Waals surface area contributed by atoms with Crippen molar-refractivity contribution in [3.8, 4) is 0 Å². The predicted octanol–water partition coefficient (Wildman–Crippen LogP) is 2.78. The van der Waals surface area contributed by atoms with Gasteiger partial charge >= 0.3 is 0 Å². The van der Waals surface area contributed by atoms with E-state index >= 15 is 0 Å². The third kappa shape index (κ3) is 5.41. The van der Waals surface area contributed by atoms with E-state index in [9.17, 15) is 4.79 Å². The molecule has 0 aromatic carbocycles. The fourth-order valence-corrected chi connectivity index (χ4v) is 2.86. The topological polar surface area (TPSA) is 41.6 Å². The minimum Gasteiger partial charge on any atom is -0.385 e. The summed E-state index contributed by atoms with van der Waals surface area (Å²) in [5.74, 6) is 0.918. The molecular weight excluding hydrogens is 252 g/mol. The van der Waals surface area contributed by atoms with Gasteiger partial charge in [-0.2, -0.15) is 0 Å². The molecule has 2 atom stereocenters. The first-order chi connectivity index (χ1) is 9.60. The Labute approximate surface area is 124 Å². The molecule has 1 aliphatic heterocycles. The van der Waals surface area contributed by atoms with Crippen LogP contribution in [0.1, 0.15) is 59.3 Å². The summed E-state index contributed by atoms with van der Waals surface area (Å²) < 4.78 is 5.06. The predicted molar refractivity (Wildman–Crippen MR) is 82.5 cm³/mol. The number of ether oxygens (including phenoxy) is 1. The number of unbranched alkanes of at least 4 members (excludes halogenated alkanes) is 2. The Morgan fingerprint density at radius 3 is 2.65 bits per heavy atom. The van der Waals surface area contributed by atoms with Gasteiger partial charge in [0.1, 0.15) is 0 Å². The Morgan fingerprint density at radius 2 is 2.05 bits per heavy atom. The minimum absolute atomic E-state index is 0.0442. The monoisotopic (exact) mass is 284 g/mol. The van der Waals surface area contributed by atoms with Crippen molar-refractivity contribution in [2.45, 2.75) is 71.5 Å². The van der Waals surface area contributed by atoms with Crippen LogP contribution in [0.4, 0.5) is 0 Å². The average molecular weight is 284 g/mol. The summed E-state index contributed by atoms with van der Waals surface area (Å²) in [5, 5.41) is 3.53. The third-order valence-electron chi connectivity index (χ3n) is 3.87. The molecule has 0 bridgehead atoms. The van der Waals surface area contributed by atoms with Gasteiger partial charge < -0.3 is 9.64 Å². The molecule has 0 aliphatic carbocycles. The molecule has 0 aromatic rings. The summed E-state index contributed by atoms with van der Waals surface area (Å²) in [6.45, 7) is 8.28. The van der Waals surface area contributed by atoms with E-state index in [-0.39, 0.29) is 12.2 Å². The highest BCUT2D eigenvalue weighted by molar-refractivity contribution is 5.84. The first-order valence-electron chi connectivity index (χ1n) is 8.15. The van der Waals surface area contributed by atoms with Crippen LogP contribution in [0.5, 0.6) is 0 Å². The van der Waals surface area contributed by atoms with E-state index in [0.29, 0.717) is 11.8 Å². The van der Waals surface area contributed by atoms with E-state index in [0.717, 1.165) is 51.7 Å². The minimum atomic E-state index is 0.0442. The van der Waals surface area contributed by atoms with Crippen molar-refractivity contribution < 1.29 is 9.53 Å². The summed E-state index contributed by atoms with van der Waals surface area (Å²) in [6, 6.07) is 0.0442. The molecule has 118 valence electrons. The second-order valence-electron chi connectivity index (χ2n) is 6.24. The Bertz CT molecular complexity index is 282. The van der Waals surface area contributed by atoms with Gasteiger partial charge in [-0.05, 0) is 38.0 Å². The standard InChI is InChI=1S/C16H32N2O2/c1-5-9-14-16(19)18(10-7-6-8-11-20-4)15(17-14)12-13(2)3/h13-15,17H,5-12H2,1-4H3. The quantitative estimate of drug-likeness (QED) is 0.627. The average Bonchev–Trinajstić information content (AvgIpc) is 2.66. The van der Waals surface area contributed by atoms with Crippen molar-refractivity contribution in [3.05, 3.63) is 0 Å². The first-order valence-corrected chi connectivity index (χ1v) is 8.15. The molecular formula is C16H32N2O2. The molecule has 1 amide bonds. The highest BCUT2D eigenvalue weighted by Gasteiger charge is 2.37. The van der Waals surface area contributed by atoms with Crippen LogP contribution in [0.15, 0.2) is 0 Å². The number of rotatable bonds is 10. The summed E-state index contributed by atoms with van der Waals surface area (Å²) in [7, 11) is 1.74. The highest BCUT2D eigenvalue weighted by Crippen LogP contribution is 2.20. The Morgan fingerprint density at radius 1 is 1.30 bits per heavy atom. The van der Waals surface area contributed by atoms with Crippen LogP contribution in [-0.2, 0) is 9.53 Å². The summed E-state index contributed by atoms with van der Waals surface area (Å²) in [4.78, 5) is 14.5. The second-order valence-corrected chi connectivity index (χ2v) is 6.24. The smallest absolute Gasteiger partial charge is 0.241 e. The number of amides is 1. The van der Waals surface area contributed by atoms with E-state index in [2.05, 4.69) is 31.0 Å². The van der Waals surface area contributed by atoms with Crippen molar-refractivity contribution >= 4 is 5.91 Å². The molecule has 0 aromatic heterocycles. The van der Waals surface area contributed by atoms with Gasteiger partial charge in [-0.1, -0.05) is 27.2 Å². The molecule has 20 heavy (non-hydrogen) atoms. The summed E-state index contributed by atoms with van der Waals surface area (Å²) in [6.07, 6.45) is 6.58. The number of nitrogens with one attached hydrogen (secondary N) is 1. The molecule has 0 radical (unpaired) electrons. The maximum Gasteiger partial charge on any atom is 0.241 e. The van der Waals surface area contributed by atoms with Crippen LogP contribution in [0.25, 0.3) is 0 Å². The Hall–Kier alpha value is -0.610. The normalized spacial score (nSPS) is 23.1. The van der Waals surface area contributed by atoms with Gasteiger partial charge in [0.2, 0.25) is 5.91 Å². The fourth-order valence-electron chi connectivity index (χ4n) is 2.86. The fraction of sp³-hybridized carbons (Fsp3) is 0.938. The van der Waals surface area contributed by atoms with Crippen molar-refractivity contribution in [1.82, 2.24) is 10.2 Å². The first kappa shape index (κ1) is 17.4. The Balaban J connectivity index is 2.46. The SMILES string of the molecule is CCCC1NC(CC(C)C)N(CCCCCOC)C1=O. The maximum atomic E-state index is 12.4. The van der Waals surface area contributed by atoms with E-state index in [1.807, 2.05) is 0 Å². The number of nitrogens with zero attached hydrogens (tertiary/aromatic N) is 1. The van der Waals surface area contributed by atoms with Crippen LogP contribution >= 0.6 is 0 Å². The van der Waals surface area contributed by atoms with Crippen molar-refractivity contribution in [1.29, 1.82) is 0 Å². The van der Waals surface area contributed by atoms with Crippen molar-refractivity contribution in [3.63, 3.8) is 0 Å². The second kappa shape index (κ2) is 9.35. The van der Waals surface area contributed by atoms with Gasteiger partial charge in [0.15, 0.2) is 0 Å². The van der Waals surface area contributed by atoms with Gasteiger partial charge in [-0.25, -0.2) is 0 Å². The molecule has 0 spiro atoms. The number of methoxy groups -OCH3 is 1. The Kier molecular flexibility index (Phi) is 8.15. The molecule has 1 rings (SSSR count). The third-order valence-corrected chi connectivity index (χ3v) is 3.87. The van der Waals surface area contributed by atoms with Crippen molar-refractivity contribution in [2.24, 2.45) is 5.92 Å². The van der Waals surface area contributed by atoms with Gasteiger partial charge in [-0.15, -0.1) is 0 Å². The molecule has 1 heterocycles. The molecule has 1 saturated heterocycles. The van der Waals surface area contributed by atoms with E-state index in [1.54, 1.807) is 7.11 Å². The lowest BCUT2D eigenvalue weighted by Gasteiger charge is -2.25. The molecule has 4 nitrogen and oxygen atoms in total. The molecule has 0 saturated carbocycles. The lowest BCUT2D eigenvalue weighted by Crippen LogP contribution is -2.39. The van der Waals surface area contributed by atoms with Crippen LogP contribution in [-0.4, -0.2) is 43.3 Å². The van der Waals surface area contributed by atoms with Crippen LogP contribution in [0.2, 0.25) is 0 Å². The number of carbonyl (C=O) groups excluding carboxylic acids is 1. The van der Waals surface area contributed by atoms with Gasteiger partial charge in [-0.3, -0.25) is 10.1 Å². The van der Waals surface area contributed by atoms with E-state index < -0.39 is 0 Å². The van der Waals surface area contributed by atoms with Gasteiger partial charge in [0.25, 0.3) is 0 Å². The summed E-state index contributed by atoms with van der Waals surface area (Å²) >= 11 is 0. The lowest BCUT2D eigenvalue weighted by atomic mass is 10.1. The zero-order valence-corrected chi connectivity index (χ0v) is 13.7. The summed E-state index contributed by atoms with van der Waals surface area (Å²) in [5.41, 5.74) is 0. The molecule has 1 N–H and O–H groups in total. The van der Waals surface area contributed by atoms with Gasteiger partial charge in [0.05, 0.1) is 12.2 Å². The van der Waals surface area contributed by atoms with Crippen LogP contribution < -0.4 is 5.32 Å². The zero-order chi connectivity index (χ0) is 15.0. The van der Waals surface area contributed by atoms with E-state index in [4.69, 9.17) is 4.74 Å². The number of hydrogen-bond acceptors (Lipinski definition) is 3. The molecule has 1 fully saturated rings. The maximum absolute atomic E-state index is 12.4. The number of hydrogen-bond donors (Lipinski definition) is 1. The molecule has 2 unspecified atom stereocenters. The van der Waals surface area contributed by atoms with Gasteiger partial charge in [0, 0.05) is 20.3 Å². The number of carbonyl (C=O) groups is 1. The highest BCUT2D eigenvalue weighted by atomic mass is 16.5. The zero-order valence-electron chi connectivity index (χ0n) is 13.7. The van der Waals surface area contributed by atoms with Crippen LogP contribution in [0.3, 0.4) is 0 Å². The molecule has 1 aliphatic rings. The lowest BCUT2D eigenvalue weighted by molar-refractivity contribution is -0.130. The molecule has 4 heteroatoms.